The lowest BCUT2D eigenvalue weighted by Crippen LogP contribution is -2.44. The highest BCUT2D eigenvalue weighted by atomic mass is 16.5. The van der Waals surface area contributed by atoms with Crippen LogP contribution in [0.1, 0.15) is 37.3 Å². The van der Waals surface area contributed by atoms with E-state index in [0.717, 1.165) is 62.4 Å². The zero-order valence-corrected chi connectivity index (χ0v) is 16.1. The van der Waals surface area contributed by atoms with Crippen molar-refractivity contribution in [3.63, 3.8) is 0 Å². The minimum atomic E-state index is -0.231. The van der Waals surface area contributed by atoms with Gasteiger partial charge in [-0.15, -0.1) is 0 Å². The van der Waals surface area contributed by atoms with Gasteiger partial charge in [-0.1, -0.05) is 0 Å². The SMILES string of the molecule is COc1ccc(OC)c([C@@H]2CCCN2C(=O)CN2CCC(C(N)=O)CC2)c1. The quantitative estimate of drug-likeness (QED) is 0.816. The van der Waals surface area contributed by atoms with Crippen molar-refractivity contribution in [3.05, 3.63) is 23.8 Å². The zero-order chi connectivity index (χ0) is 19.4. The summed E-state index contributed by atoms with van der Waals surface area (Å²) in [5, 5.41) is 0. The molecule has 1 aromatic carbocycles. The van der Waals surface area contributed by atoms with E-state index >= 15 is 0 Å². The van der Waals surface area contributed by atoms with Crippen LogP contribution in [0, 0.1) is 5.92 Å². The minimum Gasteiger partial charge on any atom is -0.497 e. The molecule has 2 amide bonds. The Morgan fingerprint density at radius 1 is 1.11 bits per heavy atom. The molecule has 7 nitrogen and oxygen atoms in total. The number of ether oxygens (including phenoxy) is 2. The normalized spacial score (nSPS) is 21.3. The van der Waals surface area contributed by atoms with E-state index in [1.807, 2.05) is 23.1 Å². The van der Waals surface area contributed by atoms with E-state index in [1.165, 1.54) is 0 Å². The molecule has 0 saturated carbocycles. The topological polar surface area (TPSA) is 85.1 Å². The Morgan fingerprint density at radius 3 is 2.48 bits per heavy atom. The summed E-state index contributed by atoms with van der Waals surface area (Å²) in [5.41, 5.74) is 6.39. The van der Waals surface area contributed by atoms with Gasteiger partial charge in [-0.2, -0.15) is 0 Å². The first-order chi connectivity index (χ1) is 13.0. The molecular formula is C20H29N3O4. The fraction of sp³-hybridized carbons (Fsp3) is 0.600. The molecule has 0 radical (unpaired) electrons. The average molecular weight is 375 g/mol. The van der Waals surface area contributed by atoms with E-state index in [2.05, 4.69) is 4.90 Å². The van der Waals surface area contributed by atoms with Gasteiger partial charge in [0.05, 0.1) is 26.8 Å². The Bertz CT molecular complexity index is 686. The molecule has 0 aromatic heterocycles. The smallest absolute Gasteiger partial charge is 0.237 e. The monoisotopic (exact) mass is 375 g/mol. The third-order valence-corrected chi connectivity index (χ3v) is 5.72. The third-order valence-electron chi connectivity index (χ3n) is 5.72. The third kappa shape index (κ3) is 4.35. The molecule has 1 atom stereocenters. The van der Waals surface area contributed by atoms with Crippen LogP contribution in [0.4, 0.5) is 0 Å². The van der Waals surface area contributed by atoms with Crippen LogP contribution in [0.3, 0.4) is 0 Å². The van der Waals surface area contributed by atoms with Crippen molar-refractivity contribution in [1.82, 2.24) is 9.80 Å². The molecule has 3 rings (SSSR count). The molecule has 2 aliphatic heterocycles. The predicted octanol–water partition coefficient (Wildman–Crippen LogP) is 1.56. The maximum absolute atomic E-state index is 13.0. The minimum absolute atomic E-state index is 0.00529. The van der Waals surface area contributed by atoms with E-state index in [4.69, 9.17) is 15.2 Å². The summed E-state index contributed by atoms with van der Waals surface area (Å²) in [7, 11) is 3.29. The average Bonchev–Trinajstić information content (AvgIpc) is 3.17. The second-order valence-corrected chi connectivity index (χ2v) is 7.31. The van der Waals surface area contributed by atoms with E-state index in [9.17, 15) is 9.59 Å². The number of rotatable bonds is 6. The van der Waals surface area contributed by atoms with Crippen molar-refractivity contribution in [1.29, 1.82) is 0 Å². The van der Waals surface area contributed by atoms with Crippen molar-refractivity contribution in [2.75, 3.05) is 40.4 Å². The number of benzene rings is 1. The molecule has 7 heteroatoms. The first-order valence-electron chi connectivity index (χ1n) is 9.56. The standard InChI is InChI=1S/C20H29N3O4/c1-26-15-5-6-18(27-2)16(12-15)17-4-3-9-23(17)19(24)13-22-10-7-14(8-11-22)20(21)25/h5-6,12,14,17H,3-4,7-11,13H2,1-2H3,(H2,21,25)/t17-/m0/s1. The lowest BCUT2D eigenvalue weighted by Gasteiger charge is -2.33. The Balaban J connectivity index is 1.68. The molecule has 2 saturated heterocycles. The molecule has 0 aliphatic carbocycles. The van der Waals surface area contributed by atoms with Gasteiger partial charge in [-0.05, 0) is 57.0 Å². The van der Waals surface area contributed by atoms with Crippen LogP contribution in [0.25, 0.3) is 0 Å². The van der Waals surface area contributed by atoms with Crippen molar-refractivity contribution >= 4 is 11.8 Å². The summed E-state index contributed by atoms with van der Waals surface area (Å²) in [6.07, 6.45) is 3.35. The summed E-state index contributed by atoms with van der Waals surface area (Å²) >= 11 is 0. The summed E-state index contributed by atoms with van der Waals surface area (Å²) in [5.74, 6) is 1.38. The van der Waals surface area contributed by atoms with Crippen LogP contribution in [0.15, 0.2) is 18.2 Å². The highest BCUT2D eigenvalue weighted by molar-refractivity contribution is 5.79. The van der Waals surface area contributed by atoms with Gasteiger partial charge >= 0.3 is 0 Å². The van der Waals surface area contributed by atoms with Crippen LogP contribution in [-0.2, 0) is 9.59 Å². The number of hydrogen-bond donors (Lipinski definition) is 1. The number of primary amides is 1. The number of amides is 2. The molecule has 0 bridgehead atoms. The molecule has 148 valence electrons. The largest absolute Gasteiger partial charge is 0.497 e. The Morgan fingerprint density at radius 2 is 1.85 bits per heavy atom. The highest BCUT2D eigenvalue weighted by Crippen LogP contribution is 2.39. The fourth-order valence-corrected chi connectivity index (χ4v) is 4.15. The molecule has 2 aliphatic rings. The van der Waals surface area contributed by atoms with Crippen LogP contribution in [-0.4, -0.2) is 62.0 Å². The number of carbonyl (C=O) groups is 2. The van der Waals surface area contributed by atoms with E-state index < -0.39 is 0 Å². The Labute approximate surface area is 160 Å². The number of methoxy groups -OCH3 is 2. The molecule has 0 unspecified atom stereocenters. The van der Waals surface area contributed by atoms with Crippen LogP contribution in [0.5, 0.6) is 11.5 Å². The first-order valence-corrected chi connectivity index (χ1v) is 9.56. The van der Waals surface area contributed by atoms with E-state index in [0.29, 0.717) is 6.54 Å². The maximum atomic E-state index is 13.0. The van der Waals surface area contributed by atoms with Crippen molar-refractivity contribution < 1.29 is 19.1 Å². The van der Waals surface area contributed by atoms with E-state index in [-0.39, 0.29) is 23.8 Å². The Hall–Kier alpha value is -2.28. The van der Waals surface area contributed by atoms with Crippen LogP contribution in [0.2, 0.25) is 0 Å². The van der Waals surface area contributed by atoms with Gasteiger partial charge in [-0.25, -0.2) is 0 Å². The number of likely N-dealkylation sites (tertiary alicyclic amines) is 2. The fourth-order valence-electron chi connectivity index (χ4n) is 4.15. The van der Waals surface area contributed by atoms with Gasteiger partial charge in [0.25, 0.3) is 0 Å². The Kier molecular flexibility index (Phi) is 6.21. The number of hydrogen-bond acceptors (Lipinski definition) is 5. The number of carbonyl (C=O) groups excluding carboxylic acids is 2. The lowest BCUT2D eigenvalue weighted by molar-refractivity contribution is -0.133. The van der Waals surface area contributed by atoms with Crippen LogP contribution < -0.4 is 15.2 Å². The maximum Gasteiger partial charge on any atom is 0.237 e. The molecule has 27 heavy (non-hydrogen) atoms. The number of nitrogens with two attached hydrogens (primary N) is 1. The van der Waals surface area contributed by atoms with Gasteiger partial charge < -0.3 is 20.1 Å². The van der Waals surface area contributed by atoms with Gasteiger partial charge in [0.2, 0.25) is 11.8 Å². The van der Waals surface area contributed by atoms with Crippen molar-refractivity contribution in [3.8, 4) is 11.5 Å². The molecule has 2 fully saturated rings. The van der Waals surface area contributed by atoms with E-state index in [1.54, 1.807) is 14.2 Å². The van der Waals surface area contributed by atoms with Gasteiger partial charge in [0.15, 0.2) is 0 Å². The van der Waals surface area contributed by atoms with Crippen molar-refractivity contribution in [2.45, 2.75) is 31.7 Å². The van der Waals surface area contributed by atoms with Gasteiger partial charge in [0.1, 0.15) is 11.5 Å². The summed E-state index contributed by atoms with van der Waals surface area (Å²) in [6, 6.07) is 5.73. The molecule has 2 N–H and O–H groups in total. The first kappa shape index (κ1) is 19.5. The molecular weight excluding hydrogens is 346 g/mol. The van der Waals surface area contributed by atoms with Gasteiger partial charge in [-0.3, -0.25) is 14.5 Å². The molecule has 2 heterocycles. The van der Waals surface area contributed by atoms with Crippen molar-refractivity contribution in [2.24, 2.45) is 11.7 Å². The highest BCUT2D eigenvalue weighted by Gasteiger charge is 2.33. The second-order valence-electron chi connectivity index (χ2n) is 7.31. The van der Waals surface area contributed by atoms with Gasteiger partial charge in [0, 0.05) is 18.0 Å². The summed E-state index contributed by atoms with van der Waals surface area (Å²) in [4.78, 5) is 28.4. The second kappa shape index (κ2) is 8.61. The summed E-state index contributed by atoms with van der Waals surface area (Å²) < 4.78 is 10.9. The zero-order valence-electron chi connectivity index (χ0n) is 16.1. The number of piperidine rings is 1. The number of nitrogens with zero attached hydrogens (tertiary/aromatic N) is 2. The van der Waals surface area contributed by atoms with Crippen LogP contribution >= 0.6 is 0 Å². The predicted molar refractivity (Wildman–Crippen MR) is 102 cm³/mol. The molecule has 1 aromatic rings. The summed E-state index contributed by atoms with van der Waals surface area (Å²) in [6.45, 7) is 2.61. The molecule has 0 spiro atoms. The lowest BCUT2D eigenvalue weighted by atomic mass is 9.96.